The van der Waals surface area contributed by atoms with E-state index in [1.807, 2.05) is 0 Å². The molecule has 1 saturated carbocycles. The van der Waals surface area contributed by atoms with Crippen LogP contribution >= 0.6 is 0 Å². The quantitative estimate of drug-likeness (QED) is 0.457. The van der Waals surface area contributed by atoms with Gasteiger partial charge in [0.2, 0.25) is 0 Å². The number of hydrogen-bond donors (Lipinski definition) is 1. The molecular formula is C13H17NO. The van der Waals surface area contributed by atoms with E-state index in [0.717, 1.165) is 0 Å². The Kier molecular flexibility index (Phi) is 2.51. The molecule has 80 valence electrons. The topological polar surface area (TPSA) is 32.6 Å². The molecule has 2 heteroatoms. The maximum absolute atomic E-state index is 8.76. The van der Waals surface area contributed by atoms with Crippen molar-refractivity contribution in [1.82, 2.24) is 0 Å². The zero-order valence-electron chi connectivity index (χ0n) is 9.27. The number of oxime groups is 1. The van der Waals surface area contributed by atoms with Gasteiger partial charge in [-0.1, -0.05) is 36.8 Å². The average Bonchev–Trinajstić information content (AvgIpc) is 3.02. The SMILES string of the molecule is Cc1ccc([C@](C)(/C=N/O)C2CC2)cc1. The van der Waals surface area contributed by atoms with Gasteiger partial charge in [-0.05, 0) is 31.2 Å². The first kappa shape index (κ1) is 10.2. The summed E-state index contributed by atoms with van der Waals surface area (Å²) >= 11 is 0. The van der Waals surface area contributed by atoms with E-state index in [1.54, 1.807) is 6.21 Å². The first-order valence-corrected chi connectivity index (χ1v) is 5.42. The van der Waals surface area contributed by atoms with Crippen LogP contribution in [0.5, 0.6) is 0 Å². The van der Waals surface area contributed by atoms with Crippen molar-refractivity contribution in [3.05, 3.63) is 35.4 Å². The lowest BCUT2D eigenvalue weighted by atomic mass is 9.79. The molecule has 0 amide bonds. The summed E-state index contributed by atoms with van der Waals surface area (Å²) in [5.74, 6) is 0.635. The molecule has 1 N–H and O–H groups in total. The molecule has 0 bridgehead atoms. The van der Waals surface area contributed by atoms with E-state index >= 15 is 0 Å². The highest BCUT2D eigenvalue weighted by atomic mass is 16.4. The van der Waals surface area contributed by atoms with Crippen molar-refractivity contribution in [2.45, 2.75) is 32.1 Å². The molecular weight excluding hydrogens is 186 g/mol. The lowest BCUT2D eigenvalue weighted by Crippen LogP contribution is -2.26. The van der Waals surface area contributed by atoms with Crippen molar-refractivity contribution in [3.63, 3.8) is 0 Å². The maximum Gasteiger partial charge on any atom is 0.0541 e. The van der Waals surface area contributed by atoms with Crippen molar-refractivity contribution in [2.75, 3.05) is 0 Å². The van der Waals surface area contributed by atoms with Gasteiger partial charge in [0, 0.05) is 5.41 Å². The summed E-state index contributed by atoms with van der Waals surface area (Å²) in [5.41, 5.74) is 2.41. The third-order valence-corrected chi connectivity index (χ3v) is 3.42. The molecule has 0 saturated heterocycles. The van der Waals surface area contributed by atoms with E-state index in [-0.39, 0.29) is 5.41 Å². The van der Waals surface area contributed by atoms with Crippen LogP contribution in [0.2, 0.25) is 0 Å². The molecule has 1 aromatic carbocycles. The van der Waals surface area contributed by atoms with Crippen molar-refractivity contribution in [1.29, 1.82) is 0 Å². The van der Waals surface area contributed by atoms with Gasteiger partial charge in [-0.3, -0.25) is 0 Å². The van der Waals surface area contributed by atoms with Gasteiger partial charge in [0.05, 0.1) is 6.21 Å². The van der Waals surface area contributed by atoms with Gasteiger partial charge < -0.3 is 5.21 Å². The zero-order valence-corrected chi connectivity index (χ0v) is 9.27. The Labute approximate surface area is 90.6 Å². The summed E-state index contributed by atoms with van der Waals surface area (Å²) in [6.07, 6.45) is 4.14. The van der Waals surface area contributed by atoms with Crippen LogP contribution in [0.15, 0.2) is 29.4 Å². The fourth-order valence-corrected chi connectivity index (χ4v) is 2.13. The standard InChI is InChI=1S/C13H17NO/c1-10-3-5-11(6-4-10)13(2,9-14-15)12-7-8-12/h3-6,9,12,15H,7-8H2,1-2H3/b14-9+/t13-/m0/s1. The largest absolute Gasteiger partial charge is 0.411 e. The molecule has 1 atom stereocenters. The summed E-state index contributed by atoms with van der Waals surface area (Å²) < 4.78 is 0. The molecule has 0 radical (unpaired) electrons. The van der Waals surface area contributed by atoms with Crippen molar-refractivity contribution < 1.29 is 5.21 Å². The summed E-state index contributed by atoms with van der Waals surface area (Å²) in [7, 11) is 0. The van der Waals surface area contributed by atoms with E-state index in [1.165, 1.54) is 24.0 Å². The fourth-order valence-electron chi connectivity index (χ4n) is 2.13. The zero-order chi connectivity index (χ0) is 10.9. The van der Waals surface area contributed by atoms with E-state index < -0.39 is 0 Å². The minimum Gasteiger partial charge on any atom is -0.411 e. The molecule has 0 aromatic heterocycles. The van der Waals surface area contributed by atoms with E-state index in [2.05, 4.69) is 43.3 Å². The van der Waals surface area contributed by atoms with Crippen LogP contribution in [-0.2, 0) is 5.41 Å². The van der Waals surface area contributed by atoms with Crippen molar-refractivity contribution in [3.8, 4) is 0 Å². The second-order valence-electron chi connectivity index (χ2n) is 4.67. The first-order chi connectivity index (χ1) is 7.16. The lowest BCUT2D eigenvalue weighted by molar-refractivity contribution is 0.315. The minimum atomic E-state index is -0.0948. The van der Waals surface area contributed by atoms with Crippen LogP contribution in [0.25, 0.3) is 0 Å². The highest BCUT2D eigenvalue weighted by Crippen LogP contribution is 2.46. The predicted octanol–water partition coefficient (Wildman–Crippen LogP) is 3.12. The molecule has 0 heterocycles. The first-order valence-electron chi connectivity index (χ1n) is 5.42. The lowest BCUT2D eigenvalue weighted by Gasteiger charge is -2.25. The number of nitrogens with zero attached hydrogens (tertiary/aromatic N) is 1. The Morgan fingerprint density at radius 2 is 1.93 bits per heavy atom. The predicted molar refractivity (Wildman–Crippen MR) is 61.5 cm³/mol. The third-order valence-electron chi connectivity index (χ3n) is 3.42. The van der Waals surface area contributed by atoms with Crippen LogP contribution in [0.1, 0.15) is 30.9 Å². The van der Waals surface area contributed by atoms with Gasteiger partial charge in [0.25, 0.3) is 0 Å². The van der Waals surface area contributed by atoms with E-state index in [0.29, 0.717) is 5.92 Å². The molecule has 2 rings (SSSR count). The Morgan fingerprint density at radius 1 is 1.33 bits per heavy atom. The second kappa shape index (κ2) is 3.69. The normalized spacial score (nSPS) is 20.4. The molecule has 2 nitrogen and oxygen atoms in total. The van der Waals surface area contributed by atoms with E-state index in [4.69, 9.17) is 5.21 Å². The van der Waals surface area contributed by atoms with Crippen LogP contribution in [0.3, 0.4) is 0 Å². The summed E-state index contributed by atoms with van der Waals surface area (Å²) in [5, 5.41) is 12.0. The van der Waals surface area contributed by atoms with E-state index in [9.17, 15) is 0 Å². The molecule has 0 spiro atoms. The molecule has 15 heavy (non-hydrogen) atoms. The van der Waals surface area contributed by atoms with Crippen LogP contribution in [0, 0.1) is 12.8 Å². The van der Waals surface area contributed by atoms with Gasteiger partial charge in [0.1, 0.15) is 0 Å². The van der Waals surface area contributed by atoms with Crippen molar-refractivity contribution in [2.24, 2.45) is 11.1 Å². The smallest absolute Gasteiger partial charge is 0.0541 e. The number of rotatable bonds is 3. The number of benzene rings is 1. The van der Waals surface area contributed by atoms with Crippen LogP contribution < -0.4 is 0 Å². The van der Waals surface area contributed by atoms with Gasteiger partial charge >= 0.3 is 0 Å². The van der Waals surface area contributed by atoms with Gasteiger partial charge in [-0.2, -0.15) is 0 Å². The second-order valence-corrected chi connectivity index (χ2v) is 4.67. The molecule has 1 aliphatic rings. The Hall–Kier alpha value is -1.31. The molecule has 0 aliphatic heterocycles. The molecule has 1 fully saturated rings. The number of aryl methyl sites for hydroxylation is 1. The minimum absolute atomic E-state index is 0.0948. The van der Waals surface area contributed by atoms with Crippen LogP contribution in [-0.4, -0.2) is 11.4 Å². The highest BCUT2D eigenvalue weighted by Gasteiger charge is 2.41. The Morgan fingerprint density at radius 3 is 2.40 bits per heavy atom. The summed E-state index contributed by atoms with van der Waals surface area (Å²) in [4.78, 5) is 0. The average molecular weight is 203 g/mol. The van der Waals surface area contributed by atoms with Gasteiger partial charge in [-0.15, -0.1) is 5.16 Å². The van der Waals surface area contributed by atoms with Crippen LogP contribution in [0.4, 0.5) is 0 Å². The fraction of sp³-hybridized carbons (Fsp3) is 0.462. The molecule has 0 unspecified atom stereocenters. The Balaban J connectivity index is 2.35. The van der Waals surface area contributed by atoms with Gasteiger partial charge in [-0.25, -0.2) is 0 Å². The number of hydrogen-bond acceptors (Lipinski definition) is 2. The summed E-state index contributed by atoms with van der Waals surface area (Å²) in [6.45, 7) is 4.23. The van der Waals surface area contributed by atoms with Crippen molar-refractivity contribution >= 4 is 6.21 Å². The van der Waals surface area contributed by atoms with Gasteiger partial charge in [0.15, 0.2) is 0 Å². The maximum atomic E-state index is 8.76. The summed E-state index contributed by atoms with van der Waals surface area (Å²) in [6, 6.07) is 8.49. The highest BCUT2D eigenvalue weighted by molar-refractivity contribution is 5.73. The molecule has 1 aromatic rings. The monoisotopic (exact) mass is 203 g/mol. The molecule has 1 aliphatic carbocycles. The Bertz CT molecular complexity index is 365. The third kappa shape index (κ3) is 1.89.